The maximum absolute atomic E-state index is 4.32. The van der Waals surface area contributed by atoms with Crippen LogP contribution in [0.4, 0.5) is 0 Å². The van der Waals surface area contributed by atoms with Gasteiger partial charge < -0.3 is 0 Å². The van der Waals surface area contributed by atoms with Crippen LogP contribution in [0.5, 0.6) is 0 Å². The fourth-order valence-corrected chi connectivity index (χ4v) is 1.62. The highest BCUT2D eigenvalue weighted by Crippen LogP contribution is 2.22. The maximum atomic E-state index is 4.32. The highest BCUT2D eigenvalue weighted by atomic mass is 15.0. The monoisotopic (exact) mass is 203 g/mol. The minimum absolute atomic E-state index is 0.563. The molecular formula is C12H17N3. The lowest BCUT2D eigenvalue weighted by Gasteiger charge is -2.08. The molecule has 0 fully saturated rings. The number of pyridine rings is 1. The number of benzene rings is 1. The number of hydrogen-bond donors (Lipinski definition) is 2. The van der Waals surface area contributed by atoms with Gasteiger partial charge in [0, 0.05) is 11.6 Å². The summed E-state index contributed by atoms with van der Waals surface area (Å²) in [7, 11) is 0. The molecule has 0 bridgehead atoms. The Morgan fingerprint density at radius 1 is 1.07 bits per heavy atom. The molecule has 0 atom stereocenters. The molecule has 0 amide bonds. The first-order chi connectivity index (χ1) is 7.29. The number of nitrogens with two attached hydrogens (primary N) is 2. The molecule has 1 aromatic heterocycles. The van der Waals surface area contributed by atoms with E-state index < -0.39 is 0 Å². The number of rotatable bonds is 1. The second-order valence-corrected chi connectivity index (χ2v) is 3.57. The first kappa shape index (κ1) is 11.6. The van der Waals surface area contributed by atoms with Crippen LogP contribution in [0.2, 0.25) is 0 Å². The highest BCUT2D eigenvalue weighted by Gasteiger charge is 2.03. The van der Waals surface area contributed by atoms with Gasteiger partial charge in [-0.2, -0.15) is 0 Å². The molecule has 15 heavy (non-hydrogen) atoms. The molecule has 0 saturated carbocycles. The van der Waals surface area contributed by atoms with Gasteiger partial charge in [-0.1, -0.05) is 32.0 Å². The molecule has 3 nitrogen and oxygen atoms in total. The lowest BCUT2D eigenvalue weighted by Crippen LogP contribution is -2.02. The van der Waals surface area contributed by atoms with E-state index in [2.05, 4.69) is 54.8 Å². The molecule has 2 aromatic rings. The van der Waals surface area contributed by atoms with Crippen molar-refractivity contribution in [1.82, 2.24) is 4.98 Å². The van der Waals surface area contributed by atoms with E-state index in [9.17, 15) is 0 Å². The van der Waals surface area contributed by atoms with Crippen molar-refractivity contribution in [3.8, 4) is 0 Å². The summed E-state index contributed by atoms with van der Waals surface area (Å²) in [4.78, 5) is 4.32. The van der Waals surface area contributed by atoms with Gasteiger partial charge in [-0.3, -0.25) is 16.7 Å². The highest BCUT2D eigenvalue weighted by molar-refractivity contribution is 5.82. The largest absolute Gasteiger partial charge is 0.274 e. The van der Waals surface area contributed by atoms with E-state index in [0.29, 0.717) is 5.92 Å². The van der Waals surface area contributed by atoms with Gasteiger partial charge >= 0.3 is 0 Å². The normalized spacial score (nSPS) is 9.93. The van der Waals surface area contributed by atoms with Crippen LogP contribution in [0, 0.1) is 0 Å². The van der Waals surface area contributed by atoms with Gasteiger partial charge in [0.05, 0.1) is 5.52 Å². The minimum Gasteiger partial charge on any atom is -0.274 e. The fraction of sp³-hybridized carbons (Fsp3) is 0.250. The number of fused-ring (bicyclic) bond motifs is 1. The molecule has 0 radical (unpaired) electrons. The van der Waals surface area contributed by atoms with E-state index in [1.54, 1.807) is 0 Å². The topological polar surface area (TPSA) is 64.9 Å². The molecule has 0 aliphatic heterocycles. The van der Waals surface area contributed by atoms with Gasteiger partial charge in [0.1, 0.15) is 0 Å². The second-order valence-electron chi connectivity index (χ2n) is 3.57. The Kier molecular flexibility index (Phi) is 4.21. The lowest BCUT2D eigenvalue weighted by atomic mass is 9.99. The zero-order chi connectivity index (χ0) is 11.3. The Labute approximate surface area is 90.1 Å². The van der Waals surface area contributed by atoms with E-state index in [0.717, 1.165) is 5.52 Å². The van der Waals surface area contributed by atoms with Crippen molar-refractivity contribution in [1.29, 1.82) is 0 Å². The molecule has 80 valence electrons. The van der Waals surface area contributed by atoms with Crippen LogP contribution in [-0.2, 0) is 0 Å². The summed E-state index contributed by atoms with van der Waals surface area (Å²) < 4.78 is 0. The summed E-state index contributed by atoms with van der Waals surface area (Å²) in [5, 5.41) is 1.28. The Hall–Kier alpha value is -1.45. The summed E-state index contributed by atoms with van der Waals surface area (Å²) in [5.74, 6) is 8.56. The van der Waals surface area contributed by atoms with Crippen LogP contribution in [0.1, 0.15) is 25.3 Å². The first-order valence-corrected chi connectivity index (χ1v) is 4.96. The van der Waals surface area contributed by atoms with Gasteiger partial charge in [0.15, 0.2) is 0 Å². The predicted octanol–water partition coefficient (Wildman–Crippen LogP) is 2.18. The third-order valence-electron chi connectivity index (χ3n) is 2.30. The summed E-state index contributed by atoms with van der Waals surface area (Å²) >= 11 is 0. The molecule has 0 spiro atoms. The van der Waals surface area contributed by atoms with Crippen LogP contribution in [0.15, 0.2) is 36.5 Å². The molecular weight excluding hydrogens is 186 g/mol. The Balaban J connectivity index is 0.000000531. The van der Waals surface area contributed by atoms with Crippen molar-refractivity contribution in [2.75, 3.05) is 0 Å². The van der Waals surface area contributed by atoms with E-state index >= 15 is 0 Å². The van der Waals surface area contributed by atoms with Crippen molar-refractivity contribution >= 4 is 10.9 Å². The lowest BCUT2D eigenvalue weighted by molar-refractivity contribution is 0.874. The van der Waals surface area contributed by atoms with Crippen molar-refractivity contribution in [3.63, 3.8) is 0 Å². The van der Waals surface area contributed by atoms with Gasteiger partial charge in [-0.05, 0) is 23.6 Å². The molecule has 1 heterocycles. The summed E-state index contributed by atoms with van der Waals surface area (Å²) in [5.41, 5.74) is 2.47. The number of para-hydroxylation sites is 1. The van der Waals surface area contributed by atoms with E-state index in [-0.39, 0.29) is 0 Å². The summed E-state index contributed by atoms with van der Waals surface area (Å²) in [6, 6.07) is 10.4. The van der Waals surface area contributed by atoms with Crippen LogP contribution < -0.4 is 11.7 Å². The molecule has 0 unspecified atom stereocenters. The molecule has 0 aliphatic carbocycles. The number of nitrogens with zero attached hydrogens (tertiary/aromatic N) is 1. The third-order valence-corrected chi connectivity index (χ3v) is 2.30. The standard InChI is InChI=1S/C12H13N.H4N2/c1-9(2)10-7-8-13-12-6-4-3-5-11(10)12;1-2/h3-9H,1-2H3;1-2H2. The van der Waals surface area contributed by atoms with Crippen molar-refractivity contribution in [2.24, 2.45) is 11.7 Å². The number of aromatic nitrogens is 1. The predicted molar refractivity (Wildman–Crippen MR) is 64.2 cm³/mol. The van der Waals surface area contributed by atoms with Crippen LogP contribution >= 0.6 is 0 Å². The molecule has 0 saturated heterocycles. The van der Waals surface area contributed by atoms with Gasteiger partial charge in [-0.25, -0.2) is 0 Å². The van der Waals surface area contributed by atoms with Gasteiger partial charge in [0.2, 0.25) is 0 Å². The first-order valence-electron chi connectivity index (χ1n) is 4.96. The molecule has 1 aromatic carbocycles. The fourth-order valence-electron chi connectivity index (χ4n) is 1.62. The SMILES string of the molecule is CC(C)c1ccnc2ccccc12.NN. The quantitative estimate of drug-likeness (QED) is 0.551. The van der Waals surface area contributed by atoms with Crippen molar-refractivity contribution in [3.05, 3.63) is 42.1 Å². The Morgan fingerprint density at radius 2 is 1.73 bits per heavy atom. The smallest absolute Gasteiger partial charge is 0.0704 e. The average molecular weight is 203 g/mol. The number of hydrazine groups is 1. The maximum Gasteiger partial charge on any atom is 0.0704 e. The minimum atomic E-state index is 0.563. The Morgan fingerprint density at radius 3 is 2.40 bits per heavy atom. The van der Waals surface area contributed by atoms with Gasteiger partial charge in [-0.15, -0.1) is 0 Å². The van der Waals surface area contributed by atoms with E-state index in [4.69, 9.17) is 0 Å². The molecule has 4 N–H and O–H groups in total. The van der Waals surface area contributed by atoms with Crippen LogP contribution in [0.3, 0.4) is 0 Å². The second kappa shape index (κ2) is 5.44. The van der Waals surface area contributed by atoms with Crippen LogP contribution in [-0.4, -0.2) is 4.98 Å². The summed E-state index contributed by atoms with van der Waals surface area (Å²) in [6.07, 6.45) is 1.89. The van der Waals surface area contributed by atoms with Crippen LogP contribution in [0.25, 0.3) is 10.9 Å². The number of hydrogen-bond acceptors (Lipinski definition) is 3. The zero-order valence-corrected chi connectivity index (χ0v) is 9.14. The Bertz CT molecular complexity index is 419. The molecule has 0 aliphatic rings. The summed E-state index contributed by atoms with van der Waals surface area (Å²) in [6.45, 7) is 4.42. The third kappa shape index (κ3) is 2.52. The van der Waals surface area contributed by atoms with Crippen molar-refractivity contribution < 1.29 is 0 Å². The van der Waals surface area contributed by atoms with E-state index in [1.165, 1.54) is 10.9 Å². The molecule has 3 heteroatoms. The van der Waals surface area contributed by atoms with Crippen molar-refractivity contribution in [2.45, 2.75) is 19.8 Å². The molecule has 2 rings (SSSR count). The van der Waals surface area contributed by atoms with Gasteiger partial charge in [0.25, 0.3) is 0 Å². The van der Waals surface area contributed by atoms with E-state index in [1.807, 2.05) is 12.3 Å². The average Bonchev–Trinajstić information content (AvgIpc) is 2.31. The zero-order valence-electron chi connectivity index (χ0n) is 9.14.